The SMILES string of the molecule is CCN(CC)C(=O)c1cnc(N2CCN(c3ccccn3)CC2)nc1. The summed E-state index contributed by atoms with van der Waals surface area (Å²) in [7, 11) is 0. The van der Waals surface area contributed by atoms with E-state index in [1.807, 2.05) is 38.2 Å². The smallest absolute Gasteiger partial charge is 0.256 e. The molecule has 1 saturated heterocycles. The van der Waals surface area contributed by atoms with E-state index in [1.165, 1.54) is 0 Å². The van der Waals surface area contributed by atoms with Crippen LogP contribution in [0.5, 0.6) is 0 Å². The van der Waals surface area contributed by atoms with E-state index in [0.717, 1.165) is 32.0 Å². The third-order valence-electron chi connectivity index (χ3n) is 4.47. The fraction of sp³-hybridized carbons (Fsp3) is 0.444. The number of pyridine rings is 1. The van der Waals surface area contributed by atoms with Crippen molar-refractivity contribution in [3.8, 4) is 0 Å². The first-order valence-corrected chi connectivity index (χ1v) is 8.75. The van der Waals surface area contributed by atoms with Gasteiger partial charge < -0.3 is 14.7 Å². The highest BCUT2D eigenvalue weighted by Gasteiger charge is 2.20. The van der Waals surface area contributed by atoms with Gasteiger partial charge in [-0.1, -0.05) is 6.07 Å². The van der Waals surface area contributed by atoms with E-state index in [2.05, 4.69) is 24.8 Å². The summed E-state index contributed by atoms with van der Waals surface area (Å²) < 4.78 is 0. The minimum absolute atomic E-state index is 0.0171. The average Bonchev–Trinajstić information content (AvgIpc) is 2.70. The molecule has 1 aliphatic rings. The van der Waals surface area contributed by atoms with Gasteiger partial charge >= 0.3 is 0 Å². The molecule has 2 aromatic heterocycles. The van der Waals surface area contributed by atoms with Gasteiger partial charge in [-0.15, -0.1) is 0 Å². The number of amides is 1. The zero-order chi connectivity index (χ0) is 17.6. The number of aromatic nitrogens is 3. The first kappa shape index (κ1) is 17.1. The lowest BCUT2D eigenvalue weighted by molar-refractivity contribution is 0.0772. The predicted molar refractivity (Wildman–Crippen MR) is 97.9 cm³/mol. The van der Waals surface area contributed by atoms with Crippen LogP contribution < -0.4 is 9.80 Å². The van der Waals surface area contributed by atoms with Gasteiger partial charge in [-0.3, -0.25) is 4.79 Å². The Morgan fingerprint density at radius 1 is 1.00 bits per heavy atom. The Bertz CT molecular complexity index is 678. The van der Waals surface area contributed by atoms with Crippen LogP contribution in [0.25, 0.3) is 0 Å². The number of piperazine rings is 1. The van der Waals surface area contributed by atoms with E-state index < -0.39 is 0 Å². The van der Waals surface area contributed by atoms with E-state index in [9.17, 15) is 4.79 Å². The molecule has 132 valence electrons. The largest absolute Gasteiger partial charge is 0.353 e. The fourth-order valence-electron chi connectivity index (χ4n) is 2.96. The lowest BCUT2D eigenvalue weighted by atomic mass is 10.3. The van der Waals surface area contributed by atoms with Gasteiger partial charge in [0.2, 0.25) is 5.95 Å². The Morgan fingerprint density at radius 2 is 1.64 bits per heavy atom. The first-order chi connectivity index (χ1) is 12.2. The molecule has 3 rings (SSSR count). The number of hydrogen-bond donors (Lipinski definition) is 0. The molecule has 0 N–H and O–H groups in total. The van der Waals surface area contributed by atoms with Crippen molar-refractivity contribution in [2.75, 3.05) is 49.1 Å². The number of carbonyl (C=O) groups is 1. The van der Waals surface area contributed by atoms with Crippen molar-refractivity contribution >= 4 is 17.7 Å². The van der Waals surface area contributed by atoms with Crippen LogP contribution in [-0.4, -0.2) is 65.0 Å². The molecule has 0 radical (unpaired) electrons. The average molecular weight is 340 g/mol. The summed E-state index contributed by atoms with van der Waals surface area (Å²) in [6, 6.07) is 5.96. The van der Waals surface area contributed by atoms with Gasteiger partial charge in [0.05, 0.1) is 5.56 Å². The zero-order valence-corrected chi connectivity index (χ0v) is 14.8. The normalized spacial score (nSPS) is 14.5. The standard InChI is InChI=1S/C18H24N6O/c1-3-22(4-2)17(25)15-13-20-18(21-14-15)24-11-9-23(10-12-24)16-7-5-6-8-19-16/h5-8,13-14H,3-4,9-12H2,1-2H3. The third-order valence-corrected chi connectivity index (χ3v) is 4.47. The summed E-state index contributed by atoms with van der Waals surface area (Å²) in [5.74, 6) is 1.66. The minimum Gasteiger partial charge on any atom is -0.353 e. The molecule has 2 aromatic rings. The Labute approximate surface area is 148 Å². The molecule has 1 fully saturated rings. The van der Waals surface area contributed by atoms with Gasteiger partial charge in [-0.25, -0.2) is 15.0 Å². The maximum Gasteiger partial charge on any atom is 0.256 e. The topological polar surface area (TPSA) is 65.5 Å². The van der Waals surface area contributed by atoms with Crippen LogP contribution in [0.4, 0.5) is 11.8 Å². The number of rotatable bonds is 5. The quantitative estimate of drug-likeness (QED) is 0.825. The van der Waals surface area contributed by atoms with E-state index in [0.29, 0.717) is 24.6 Å². The minimum atomic E-state index is -0.0171. The van der Waals surface area contributed by atoms with Gasteiger partial charge in [0, 0.05) is 57.9 Å². The molecule has 0 spiro atoms. The highest BCUT2D eigenvalue weighted by atomic mass is 16.2. The monoisotopic (exact) mass is 340 g/mol. The molecule has 1 amide bonds. The van der Waals surface area contributed by atoms with Crippen molar-refractivity contribution in [1.82, 2.24) is 19.9 Å². The summed E-state index contributed by atoms with van der Waals surface area (Å²) in [5.41, 5.74) is 0.541. The Morgan fingerprint density at radius 3 is 2.20 bits per heavy atom. The molecule has 0 aromatic carbocycles. The Kier molecular flexibility index (Phi) is 5.42. The maximum atomic E-state index is 12.3. The van der Waals surface area contributed by atoms with Crippen LogP contribution in [-0.2, 0) is 0 Å². The second-order valence-electron chi connectivity index (χ2n) is 5.91. The van der Waals surface area contributed by atoms with Crippen molar-refractivity contribution in [3.63, 3.8) is 0 Å². The molecule has 0 aliphatic carbocycles. The molecular formula is C18H24N6O. The van der Waals surface area contributed by atoms with Gasteiger partial charge in [0.15, 0.2) is 0 Å². The zero-order valence-electron chi connectivity index (χ0n) is 14.8. The van der Waals surface area contributed by atoms with Crippen molar-refractivity contribution in [2.24, 2.45) is 0 Å². The second kappa shape index (κ2) is 7.92. The van der Waals surface area contributed by atoms with Crippen LogP contribution in [0, 0.1) is 0 Å². The number of anilines is 2. The lowest BCUT2D eigenvalue weighted by Gasteiger charge is -2.35. The summed E-state index contributed by atoms with van der Waals surface area (Å²) >= 11 is 0. The first-order valence-electron chi connectivity index (χ1n) is 8.75. The lowest BCUT2D eigenvalue weighted by Crippen LogP contribution is -2.47. The van der Waals surface area contributed by atoms with Gasteiger partial charge in [0.1, 0.15) is 5.82 Å². The predicted octanol–water partition coefficient (Wildman–Crippen LogP) is 1.68. The van der Waals surface area contributed by atoms with Crippen LogP contribution >= 0.6 is 0 Å². The second-order valence-corrected chi connectivity index (χ2v) is 5.91. The van der Waals surface area contributed by atoms with Crippen molar-refractivity contribution in [2.45, 2.75) is 13.8 Å². The van der Waals surface area contributed by atoms with E-state index in [4.69, 9.17) is 0 Å². The number of nitrogens with zero attached hydrogens (tertiary/aromatic N) is 6. The molecule has 7 heteroatoms. The molecular weight excluding hydrogens is 316 g/mol. The van der Waals surface area contributed by atoms with Crippen molar-refractivity contribution in [3.05, 3.63) is 42.4 Å². The molecule has 1 aliphatic heterocycles. The van der Waals surface area contributed by atoms with Crippen LogP contribution in [0.1, 0.15) is 24.2 Å². The summed E-state index contributed by atoms with van der Waals surface area (Å²) in [5, 5.41) is 0. The number of hydrogen-bond acceptors (Lipinski definition) is 6. The maximum absolute atomic E-state index is 12.3. The van der Waals surface area contributed by atoms with Gasteiger partial charge in [0.25, 0.3) is 5.91 Å². The fourth-order valence-corrected chi connectivity index (χ4v) is 2.96. The molecule has 0 saturated carbocycles. The van der Waals surface area contributed by atoms with Crippen LogP contribution in [0.2, 0.25) is 0 Å². The van der Waals surface area contributed by atoms with Crippen LogP contribution in [0.3, 0.4) is 0 Å². The van der Waals surface area contributed by atoms with Gasteiger partial charge in [-0.2, -0.15) is 0 Å². The van der Waals surface area contributed by atoms with Crippen molar-refractivity contribution < 1.29 is 4.79 Å². The van der Waals surface area contributed by atoms with Gasteiger partial charge in [-0.05, 0) is 26.0 Å². The molecule has 0 atom stereocenters. The number of carbonyl (C=O) groups excluding carboxylic acids is 1. The Balaban J connectivity index is 1.61. The van der Waals surface area contributed by atoms with E-state index in [1.54, 1.807) is 17.3 Å². The van der Waals surface area contributed by atoms with E-state index >= 15 is 0 Å². The molecule has 7 nitrogen and oxygen atoms in total. The Hall–Kier alpha value is -2.70. The molecule has 0 bridgehead atoms. The van der Waals surface area contributed by atoms with Crippen LogP contribution in [0.15, 0.2) is 36.8 Å². The highest BCUT2D eigenvalue weighted by Crippen LogP contribution is 2.16. The third kappa shape index (κ3) is 3.87. The molecule has 0 unspecified atom stereocenters. The highest BCUT2D eigenvalue weighted by molar-refractivity contribution is 5.93. The summed E-state index contributed by atoms with van der Waals surface area (Å²) in [6.45, 7) is 8.73. The van der Waals surface area contributed by atoms with E-state index in [-0.39, 0.29) is 5.91 Å². The summed E-state index contributed by atoms with van der Waals surface area (Å²) in [4.78, 5) is 31.7. The molecule has 25 heavy (non-hydrogen) atoms. The molecule has 3 heterocycles. The van der Waals surface area contributed by atoms with Crippen molar-refractivity contribution in [1.29, 1.82) is 0 Å². The summed E-state index contributed by atoms with van der Waals surface area (Å²) in [6.07, 6.45) is 5.08.